The number of allylic oxidation sites excluding steroid dienone is 1. The van der Waals surface area contributed by atoms with Crippen molar-refractivity contribution in [3.8, 4) is 0 Å². The topological polar surface area (TPSA) is 88.0 Å². The van der Waals surface area contributed by atoms with Gasteiger partial charge in [0, 0.05) is 43.6 Å². The molecule has 3 unspecified atom stereocenters. The Morgan fingerprint density at radius 1 is 1.15 bits per heavy atom. The highest BCUT2D eigenvalue weighted by Crippen LogP contribution is 2.34. The number of nitrogens with zero attached hydrogens (tertiary/aromatic N) is 4. The summed E-state index contributed by atoms with van der Waals surface area (Å²) in [6.07, 6.45) is 11.0. The number of piperazine rings is 1. The SMILES string of the molecule is CCOC(O)C1CCC(=Cc2cnc(N3C4CCC3CN(C(=O)OC(C)(C)C)C4)nc2)CC1. The molecular weight excluding hydrogens is 420 g/mol. The van der Waals surface area contributed by atoms with Crippen molar-refractivity contribution in [2.75, 3.05) is 24.6 Å². The molecule has 1 N–H and O–H groups in total. The molecule has 2 saturated heterocycles. The molecule has 2 aliphatic heterocycles. The minimum atomic E-state index is -0.648. The van der Waals surface area contributed by atoms with Gasteiger partial charge >= 0.3 is 6.09 Å². The quantitative estimate of drug-likeness (QED) is 0.668. The van der Waals surface area contributed by atoms with Crippen LogP contribution in [0, 0.1) is 5.92 Å². The number of ether oxygens (including phenoxy) is 2. The van der Waals surface area contributed by atoms with E-state index >= 15 is 0 Å². The second-order valence-corrected chi connectivity index (χ2v) is 10.5. The van der Waals surface area contributed by atoms with E-state index in [-0.39, 0.29) is 24.1 Å². The van der Waals surface area contributed by atoms with Crippen molar-refractivity contribution in [2.24, 2.45) is 5.92 Å². The van der Waals surface area contributed by atoms with Gasteiger partial charge in [-0.05, 0) is 66.2 Å². The molecule has 8 nitrogen and oxygen atoms in total. The van der Waals surface area contributed by atoms with Crippen molar-refractivity contribution in [3.05, 3.63) is 23.5 Å². The van der Waals surface area contributed by atoms with Crippen LogP contribution in [0.3, 0.4) is 0 Å². The van der Waals surface area contributed by atoms with Crippen LogP contribution in [-0.4, -0.2) is 69.7 Å². The summed E-state index contributed by atoms with van der Waals surface area (Å²) in [5.41, 5.74) is 1.90. The molecule has 33 heavy (non-hydrogen) atoms. The van der Waals surface area contributed by atoms with Crippen LogP contribution in [0.25, 0.3) is 6.08 Å². The number of carbonyl (C=O) groups excluding carboxylic acids is 1. The van der Waals surface area contributed by atoms with E-state index in [0.717, 1.165) is 50.0 Å². The summed E-state index contributed by atoms with van der Waals surface area (Å²) in [6.45, 7) is 9.45. The van der Waals surface area contributed by atoms with Crippen LogP contribution in [0.2, 0.25) is 0 Å². The average molecular weight is 459 g/mol. The lowest BCUT2D eigenvalue weighted by atomic mass is 9.85. The van der Waals surface area contributed by atoms with Gasteiger partial charge < -0.3 is 24.4 Å². The van der Waals surface area contributed by atoms with Crippen LogP contribution in [0.5, 0.6) is 0 Å². The van der Waals surface area contributed by atoms with Crippen LogP contribution in [0.1, 0.15) is 71.8 Å². The van der Waals surface area contributed by atoms with Crippen molar-refractivity contribution in [1.29, 1.82) is 0 Å². The predicted octanol–water partition coefficient (Wildman–Crippen LogP) is 3.99. The lowest BCUT2D eigenvalue weighted by molar-refractivity contribution is -0.135. The van der Waals surface area contributed by atoms with Crippen molar-refractivity contribution in [1.82, 2.24) is 14.9 Å². The number of aliphatic hydroxyl groups is 1. The zero-order valence-electron chi connectivity index (χ0n) is 20.4. The van der Waals surface area contributed by atoms with Crippen LogP contribution < -0.4 is 4.90 Å². The molecule has 2 bridgehead atoms. The van der Waals surface area contributed by atoms with Gasteiger partial charge in [0.15, 0.2) is 6.29 Å². The molecule has 8 heteroatoms. The van der Waals surface area contributed by atoms with Crippen LogP contribution >= 0.6 is 0 Å². The number of amides is 1. The summed E-state index contributed by atoms with van der Waals surface area (Å²) in [5.74, 6) is 0.965. The van der Waals surface area contributed by atoms with Gasteiger partial charge in [0.25, 0.3) is 0 Å². The number of hydrogen-bond acceptors (Lipinski definition) is 7. The first-order valence-corrected chi connectivity index (χ1v) is 12.3. The zero-order chi connectivity index (χ0) is 23.6. The smallest absolute Gasteiger partial charge is 0.410 e. The van der Waals surface area contributed by atoms with E-state index in [0.29, 0.717) is 19.7 Å². The third-order valence-electron chi connectivity index (χ3n) is 6.81. The number of fused-ring (bicyclic) bond motifs is 2. The van der Waals surface area contributed by atoms with E-state index in [4.69, 9.17) is 9.47 Å². The number of rotatable bonds is 5. The Morgan fingerprint density at radius 2 is 1.76 bits per heavy atom. The second kappa shape index (κ2) is 9.97. The van der Waals surface area contributed by atoms with Crippen molar-refractivity contribution < 1.29 is 19.4 Å². The Bertz CT molecular complexity index is 827. The molecule has 3 aliphatic rings. The minimum Gasteiger partial charge on any atom is -0.444 e. The van der Waals surface area contributed by atoms with E-state index in [1.54, 1.807) is 0 Å². The van der Waals surface area contributed by atoms with Crippen molar-refractivity contribution >= 4 is 18.1 Å². The van der Waals surface area contributed by atoms with E-state index in [1.807, 2.05) is 45.0 Å². The fourth-order valence-electron chi connectivity index (χ4n) is 5.23. The molecule has 1 amide bonds. The zero-order valence-corrected chi connectivity index (χ0v) is 20.4. The molecule has 1 saturated carbocycles. The monoisotopic (exact) mass is 458 g/mol. The number of carbonyl (C=O) groups is 1. The summed E-state index contributed by atoms with van der Waals surface area (Å²) < 4.78 is 10.9. The Morgan fingerprint density at radius 3 is 2.30 bits per heavy atom. The maximum absolute atomic E-state index is 12.5. The molecule has 1 aromatic heterocycles. The summed E-state index contributed by atoms with van der Waals surface area (Å²) in [6, 6.07) is 0.458. The lowest BCUT2D eigenvalue weighted by Gasteiger charge is -2.41. The Hall–Kier alpha value is -2.19. The fourth-order valence-corrected chi connectivity index (χ4v) is 5.23. The standard InChI is InChI=1S/C25H38N4O4/c1-5-32-22(30)19-8-6-17(7-9-19)12-18-13-26-23(27-14-18)29-20-10-11-21(29)16-28(15-20)24(31)33-25(2,3)4/h12-14,19-22,30H,5-11,15-16H2,1-4H3. The summed E-state index contributed by atoms with van der Waals surface area (Å²) in [5, 5.41) is 10.1. The van der Waals surface area contributed by atoms with Crippen molar-refractivity contribution in [2.45, 2.75) is 90.2 Å². The number of anilines is 1. The first kappa shape index (κ1) is 24.0. The number of hydrogen-bond donors (Lipinski definition) is 1. The molecular formula is C25H38N4O4. The predicted molar refractivity (Wildman–Crippen MR) is 127 cm³/mol. The van der Waals surface area contributed by atoms with E-state index < -0.39 is 11.9 Å². The molecule has 0 radical (unpaired) electrons. The maximum atomic E-state index is 12.5. The molecule has 3 fully saturated rings. The normalized spacial score (nSPS) is 26.3. The van der Waals surface area contributed by atoms with Gasteiger partial charge in [-0.25, -0.2) is 14.8 Å². The second-order valence-electron chi connectivity index (χ2n) is 10.5. The molecule has 3 heterocycles. The maximum Gasteiger partial charge on any atom is 0.410 e. The highest BCUT2D eigenvalue weighted by Gasteiger charge is 2.43. The van der Waals surface area contributed by atoms with Gasteiger partial charge in [0.05, 0.1) is 12.1 Å². The molecule has 4 rings (SSSR count). The molecule has 182 valence electrons. The van der Waals surface area contributed by atoms with Gasteiger partial charge in [-0.2, -0.15) is 0 Å². The minimum absolute atomic E-state index is 0.218. The summed E-state index contributed by atoms with van der Waals surface area (Å²) >= 11 is 0. The van der Waals surface area contributed by atoms with Gasteiger partial charge in [0.2, 0.25) is 5.95 Å². The Labute approximate surface area is 197 Å². The third kappa shape index (κ3) is 5.84. The van der Waals surface area contributed by atoms with Gasteiger partial charge in [-0.3, -0.25) is 0 Å². The number of likely N-dealkylation sites (tertiary alicyclic amines) is 1. The highest BCUT2D eigenvalue weighted by molar-refractivity contribution is 5.69. The van der Waals surface area contributed by atoms with Crippen LogP contribution in [0.4, 0.5) is 10.7 Å². The van der Waals surface area contributed by atoms with E-state index in [9.17, 15) is 9.90 Å². The van der Waals surface area contributed by atoms with Crippen LogP contribution in [0.15, 0.2) is 18.0 Å². The number of aromatic nitrogens is 2. The molecule has 3 atom stereocenters. The fraction of sp³-hybridized carbons (Fsp3) is 0.720. The first-order valence-electron chi connectivity index (χ1n) is 12.3. The van der Waals surface area contributed by atoms with Crippen molar-refractivity contribution in [3.63, 3.8) is 0 Å². The molecule has 0 aromatic carbocycles. The molecule has 0 spiro atoms. The Balaban J connectivity index is 1.35. The van der Waals surface area contributed by atoms with Gasteiger partial charge in [-0.1, -0.05) is 11.6 Å². The average Bonchev–Trinajstić information content (AvgIpc) is 3.02. The van der Waals surface area contributed by atoms with Gasteiger partial charge in [-0.15, -0.1) is 0 Å². The van der Waals surface area contributed by atoms with E-state index in [1.165, 1.54) is 5.57 Å². The molecule has 1 aliphatic carbocycles. The summed E-state index contributed by atoms with van der Waals surface area (Å²) in [7, 11) is 0. The lowest BCUT2D eigenvalue weighted by Crippen LogP contribution is -2.56. The van der Waals surface area contributed by atoms with Gasteiger partial charge in [0.1, 0.15) is 5.60 Å². The first-order chi connectivity index (χ1) is 15.7. The molecule has 1 aromatic rings. The van der Waals surface area contributed by atoms with Crippen LogP contribution in [-0.2, 0) is 9.47 Å². The summed E-state index contributed by atoms with van der Waals surface area (Å²) in [4.78, 5) is 26.0. The Kier molecular flexibility index (Phi) is 7.24. The third-order valence-corrected chi connectivity index (χ3v) is 6.81. The van der Waals surface area contributed by atoms with E-state index in [2.05, 4.69) is 20.9 Å². The number of aliphatic hydroxyl groups excluding tert-OH is 1. The largest absolute Gasteiger partial charge is 0.444 e. The highest BCUT2D eigenvalue weighted by atomic mass is 16.6.